The molecule has 1 heterocycles. The maximum Gasteiger partial charge on any atom is 0.267 e. The van der Waals surface area contributed by atoms with Crippen LogP contribution in [-0.4, -0.2) is 22.1 Å². The zero-order chi connectivity index (χ0) is 11.4. The minimum absolute atomic E-state index is 0.0109. The topological polar surface area (TPSA) is 46.9 Å². The van der Waals surface area contributed by atoms with Crippen LogP contribution in [0.4, 0.5) is 0 Å². The normalized spacial score (nSPS) is 16.8. The van der Waals surface area contributed by atoms with Gasteiger partial charge in [0, 0.05) is 25.3 Å². The summed E-state index contributed by atoms with van der Waals surface area (Å²) in [5, 5.41) is 3.47. The van der Waals surface area contributed by atoms with Crippen LogP contribution in [0.3, 0.4) is 0 Å². The summed E-state index contributed by atoms with van der Waals surface area (Å²) in [6.45, 7) is 1.52. The minimum Gasteiger partial charge on any atom is -0.312 e. The van der Waals surface area contributed by atoms with E-state index in [1.165, 1.54) is 31.9 Å². The van der Waals surface area contributed by atoms with Crippen molar-refractivity contribution in [3.63, 3.8) is 0 Å². The Hall–Kier alpha value is -0.680. The lowest BCUT2D eigenvalue weighted by atomic mass is 10.2. The van der Waals surface area contributed by atoms with Crippen molar-refractivity contribution in [1.29, 1.82) is 0 Å². The van der Waals surface area contributed by atoms with E-state index in [1.54, 1.807) is 10.9 Å². The van der Waals surface area contributed by atoms with Crippen LogP contribution in [-0.2, 0) is 6.54 Å². The molecule has 0 radical (unpaired) electrons. The highest BCUT2D eigenvalue weighted by molar-refractivity contribution is 9.10. The summed E-state index contributed by atoms with van der Waals surface area (Å²) in [5.74, 6) is 0. The number of hydrogen-bond donors (Lipinski definition) is 1. The van der Waals surface area contributed by atoms with Gasteiger partial charge in [0.2, 0.25) is 0 Å². The molecule has 0 bridgehead atoms. The number of nitrogens with one attached hydrogen (secondary N) is 1. The summed E-state index contributed by atoms with van der Waals surface area (Å²) in [6, 6.07) is 0.649. The van der Waals surface area contributed by atoms with Gasteiger partial charge in [-0.3, -0.25) is 9.36 Å². The van der Waals surface area contributed by atoms with Crippen LogP contribution < -0.4 is 10.9 Å². The molecule has 0 saturated heterocycles. The van der Waals surface area contributed by atoms with Crippen LogP contribution >= 0.6 is 15.9 Å². The first-order chi connectivity index (χ1) is 7.77. The average Bonchev–Trinajstić information content (AvgIpc) is 2.77. The highest BCUT2D eigenvalue weighted by Gasteiger charge is 2.13. The van der Waals surface area contributed by atoms with Gasteiger partial charge in [0.25, 0.3) is 5.56 Å². The van der Waals surface area contributed by atoms with Crippen LogP contribution in [0.1, 0.15) is 25.7 Å². The van der Waals surface area contributed by atoms with Gasteiger partial charge in [-0.05, 0) is 28.8 Å². The lowest BCUT2D eigenvalue weighted by Gasteiger charge is -2.12. The van der Waals surface area contributed by atoms with Crippen molar-refractivity contribution in [2.45, 2.75) is 38.3 Å². The third kappa shape index (κ3) is 2.92. The predicted octanol–water partition coefficient (Wildman–Crippen LogP) is 1.54. The molecule has 0 aromatic carbocycles. The Bertz CT molecular complexity index is 398. The summed E-state index contributed by atoms with van der Waals surface area (Å²) in [6.07, 6.45) is 8.32. The summed E-state index contributed by atoms with van der Waals surface area (Å²) in [4.78, 5) is 15.6. The summed E-state index contributed by atoms with van der Waals surface area (Å²) in [5.41, 5.74) is -0.0109. The van der Waals surface area contributed by atoms with Crippen LogP contribution in [0.5, 0.6) is 0 Å². The smallest absolute Gasteiger partial charge is 0.267 e. The standard InChI is InChI=1S/C11H16BrN3O/c12-10-7-13-8-15(11(10)16)6-5-14-9-3-1-2-4-9/h7-9,14H,1-6H2. The first kappa shape index (κ1) is 11.8. The molecule has 1 fully saturated rings. The molecule has 0 aliphatic heterocycles. The van der Waals surface area contributed by atoms with Gasteiger partial charge in [-0.1, -0.05) is 12.8 Å². The molecule has 0 atom stereocenters. The first-order valence-electron chi connectivity index (χ1n) is 5.70. The van der Waals surface area contributed by atoms with E-state index in [0.29, 0.717) is 17.1 Å². The molecule has 1 aromatic heterocycles. The number of halogens is 1. The molecule has 4 nitrogen and oxygen atoms in total. The van der Waals surface area contributed by atoms with Gasteiger partial charge in [-0.2, -0.15) is 0 Å². The number of nitrogens with zero attached hydrogens (tertiary/aromatic N) is 2. The monoisotopic (exact) mass is 285 g/mol. The Balaban J connectivity index is 1.85. The highest BCUT2D eigenvalue weighted by atomic mass is 79.9. The molecule has 1 aliphatic carbocycles. The van der Waals surface area contributed by atoms with E-state index in [2.05, 4.69) is 26.2 Å². The molecule has 0 unspecified atom stereocenters. The number of hydrogen-bond acceptors (Lipinski definition) is 3. The predicted molar refractivity (Wildman–Crippen MR) is 66.5 cm³/mol. The van der Waals surface area contributed by atoms with E-state index in [4.69, 9.17) is 0 Å². The Kier molecular flexibility index (Phi) is 4.12. The highest BCUT2D eigenvalue weighted by Crippen LogP contribution is 2.17. The van der Waals surface area contributed by atoms with Crippen LogP contribution in [0, 0.1) is 0 Å². The molecule has 2 rings (SSSR count). The lowest BCUT2D eigenvalue weighted by Crippen LogP contribution is -2.32. The third-order valence-electron chi connectivity index (χ3n) is 3.00. The zero-order valence-electron chi connectivity index (χ0n) is 9.16. The Labute approximate surface area is 103 Å². The van der Waals surface area contributed by atoms with E-state index in [1.807, 2.05) is 0 Å². The van der Waals surface area contributed by atoms with Crippen molar-refractivity contribution in [2.24, 2.45) is 0 Å². The second kappa shape index (κ2) is 5.59. The zero-order valence-corrected chi connectivity index (χ0v) is 10.7. The summed E-state index contributed by atoms with van der Waals surface area (Å²) in [7, 11) is 0. The number of aromatic nitrogens is 2. The van der Waals surface area contributed by atoms with E-state index in [0.717, 1.165) is 6.54 Å². The fourth-order valence-electron chi connectivity index (χ4n) is 2.10. The molecule has 1 N–H and O–H groups in total. The summed E-state index contributed by atoms with van der Waals surface area (Å²) < 4.78 is 2.15. The Morgan fingerprint density at radius 3 is 3.00 bits per heavy atom. The maximum absolute atomic E-state index is 11.6. The first-order valence-corrected chi connectivity index (χ1v) is 6.50. The molecular formula is C11H16BrN3O. The molecule has 0 amide bonds. The number of rotatable bonds is 4. The van der Waals surface area contributed by atoms with Crippen molar-refractivity contribution >= 4 is 15.9 Å². The van der Waals surface area contributed by atoms with E-state index in [9.17, 15) is 4.79 Å². The van der Waals surface area contributed by atoms with Gasteiger partial charge in [0.1, 0.15) is 4.47 Å². The van der Waals surface area contributed by atoms with Crippen molar-refractivity contribution in [3.8, 4) is 0 Å². The minimum atomic E-state index is -0.0109. The van der Waals surface area contributed by atoms with Crippen LogP contribution in [0.15, 0.2) is 21.8 Å². The molecule has 88 valence electrons. The second-order valence-electron chi connectivity index (χ2n) is 4.18. The van der Waals surface area contributed by atoms with Gasteiger partial charge in [0.05, 0.1) is 6.33 Å². The molecular weight excluding hydrogens is 270 g/mol. The van der Waals surface area contributed by atoms with Crippen molar-refractivity contribution in [1.82, 2.24) is 14.9 Å². The van der Waals surface area contributed by atoms with E-state index >= 15 is 0 Å². The molecule has 1 aromatic rings. The van der Waals surface area contributed by atoms with Crippen molar-refractivity contribution in [2.75, 3.05) is 6.54 Å². The molecule has 16 heavy (non-hydrogen) atoms. The van der Waals surface area contributed by atoms with Gasteiger partial charge >= 0.3 is 0 Å². The van der Waals surface area contributed by atoms with E-state index < -0.39 is 0 Å². The van der Waals surface area contributed by atoms with Crippen LogP contribution in [0.25, 0.3) is 0 Å². The van der Waals surface area contributed by atoms with Crippen molar-refractivity contribution < 1.29 is 0 Å². The fourth-order valence-corrected chi connectivity index (χ4v) is 2.45. The third-order valence-corrected chi connectivity index (χ3v) is 3.54. The Morgan fingerprint density at radius 2 is 2.25 bits per heavy atom. The van der Waals surface area contributed by atoms with Gasteiger partial charge < -0.3 is 5.32 Å². The quantitative estimate of drug-likeness (QED) is 0.913. The lowest BCUT2D eigenvalue weighted by molar-refractivity contribution is 0.490. The van der Waals surface area contributed by atoms with E-state index in [-0.39, 0.29) is 5.56 Å². The van der Waals surface area contributed by atoms with Gasteiger partial charge in [0.15, 0.2) is 0 Å². The second-order valence-corrected chi connectivity index (χ2v) is 5.03. The molecule has 0 spiro atoms. The molecule has 1 saturated carbocycles. The van der Waals surface area contributed by atoms with Gasteiger partial charge in [-0.15, -0.1) is 0 Å². The van der Waals surface area contributed by atoms with Gasteiger partial charge in [-0.25, -0.2) is 4.98 Å². The molecule has 1 aliphatic rings. The fraction of sp³-hybridized carbons (Fsp3) is 0.636. The SMILES string of the molecule is O=c1c(Br)cncn1CCNC1CCCC1. The van der Waals surface area contributed by atoms with Crippen LogP contribution in [0.2, 0.25) is 0 Å². The Morgan fingerprint density at radius 1 is 1.50 bits per heavy atom. The maximum atomic E-state index is 11.6. The van der Waals surface area contributed by atoms with Crippen molar-refractivity contribution in [3.05, 3.63) is 27.4 Å². The molecule has 5 heteroatoms. The average molecular weight is 286 g/mol. The summed E-state index contributed by atoms with van der Waals surface area (Å²) >= 11 is 3.19. The largest absolute Gasteiger partial charge is 0.312 e.